The zero-order chi connectivity index (χ0) is 18.0. The standard InChI is InChI=1S/C18H20N6O2/c1-26-15-6-5-13-9-14(11-19-16(13)10-15)21-17(25)18(7-3-2-4-8-18)24-12-20-22-23-24/h5-6,9-12H,2-4,7-8H2,1H3,(H,21,25). The maximum atomic E-state index is 13.1. The summed E-state index contributed by atoms with van der Waals surface area (Å²) in [7, 11) is 1.62. The Morgan fingerprint density at radius 2 is 2.08 bits per heavy atom. The van der Waals surface area contributed by atoms with Gasteiger partial charge in [-0.25, -0.2) is 4.68 Å². The number of nitrogens with one attached hydrogen (secondary N) is 1. The number of carbonyl (C=O) groups excluding carboxylic acids is 1. The van der Waals surface area contributed by atoms with Gasteiger partial charge in [0.25, 0.3) is 5.91 Å². The van der Waals surface area contributed by atoms with Gasteiger partial charge in [0.2, 0.25) is 0 Å². The zero-order valence-electron chi connectivity index (χ0n) is 14.6. The molecule has 1 fully saturated rings. The van der Waals surface area contributed by atoms with Crippen LogP contribution < -0.4 is 10.1 Å². The lowest BCUT2D eigenvalue weighted by Gasteiger charge is -2.35. The molecule has 0 unspecified atom stereocenters. The minimum Gasteiger partial charge on any atom is -0.497 e. The molecule has 8 heteroatoms. The first-order valence-electron chi connectivity index (χ1n) is 8.70. The molecule has 1 saturated carbocycles. The highest BCUT2D eigenvalue weighted by molar-refractivity contribution is 5.98. The van der Waals surface area contributed by atoms with Crippen molar-refractivity contribution in [3.8, 4) is 5.75 Å². The van der Waals surface area contributed by atoms with Crippen molar-refractivity contribution in [3.63, 3.8) is 0 Å². The van der Waals surface area contributed by atoms with E-state index in [9.17, 15) is 4.79 Å². The highest BCUT2D eigenvalue weighted by atomic mass is 16.5. The van der Waals surface area contributed by atoms with E-state index >= 15 is 0 Å². The van der Waals surface area contributed by atoms with Crippen molar-refractivity contribution in [2.75, 3.05) is 12.4 Å². The number of aromatic nitrogens is 5. The number of hydrogen-bond donors (Lipinski definition) is 1. The third-order valence-corrected chi connectivity index (χ3v) is 5.04. The minimum atomic E-state index is -0.739. The second-order valence-corrected chi connectivity index (χ2v) is 6.58. The van der Waals surface area contributed by atoms with Crippen LogP contribution in [0.2, 0.25) is 0 Å². The largest absolute Gasteiger partial charge is 0.497 e. The molecular formula is C18H20N6O2. The van der Waals surface area contributed by atoms with Crippen LogP contribution in [0.15, 0.2) is 36.8 Å². The van der Waals surface area contributed by atoms with E-state index in [-0.39, 0.29) is 5.91 Å². The number of nitrogens with zero attached hydrogens (tertiary/aromatic N) is 5. The van der Waals surface area contributed by atoms with Crippen molar-refractivity contribution in [2.24, 2.45) is 0 Å². The molecule has 2 aromatic heterocycles. The third-order valence-electron chi connectivity index (χ3n) is 5.04. The summed E-state index contributed by atoms with van der Waals surface area (Å²) in [6.45, 7) is 0. The van der Waals surface area contributed by atoms with Crippen molar-refractivity contribution in [1.82, 2.24) is 25.2 Å². The predicted molar refractivity (Wildman–Crippen MR) is 95.8 cm³/mol. The van der Waals surface area contributed by atoms with Crippen LogP contribution in [-0.4, -0.2) is 38.2 Å². The van der Waals surface area contributed by atoms with E-state index in [0.717, 1.165) is 48.8 Å². The number of methoxy groups -OCH3 is 1. The van der Waals surface area contributed by atoms with Gasteiger partial charge in [-0.1, -0.05) is 19.3 Å². The van der Waals surface area contributed by atoms with Gasteiger partial charge in [-0.05, 0) is 41.5 Å². The van der Waals surface area contributed by atoms with Crippen LogP contribution in [0.5, 0.6) is 5.75 Å². The maximum Gasteiger partial charge on any atom is 0.252 e. The summed E-state index contributed by atoms with van der Waals surface area (Å²) in [5, 5.41) is 15.4. The first-order valence-corrected chi connectivity index (χ1v) is 8.70. The molecule has 0 atom stereocenters. The Morgan fingerprint density at radius 1 is 1.23 bits per heavy atom. The maximum absolute atomic E-state index is 13.1. The molecule has 0 spiro atoms. The summed E-state index contributed by atoms with van der Waals surface area (Å²) >= 11 is 0. The molecule has 2 heterocycles. The number of hydrogen-bond acceptors (Lipinski definition) is 6. The van der Waals surface area contributed by atoms with Gasteiger partial charge < -0.3 is 10.1 Å². The SMILES string of the molecule is COc1ccc2cc(NC(=O)C3(n4cnnn4)CCCCC3)cnc2c1. The van der Waals surface area contributed by atoms with Crippen molar-refractivity contribution in [3.05, 3.63) is 36.8 Å². The highest BCUT2D eigenvalue weighted by Gasteiger charge is 2.42. The number of ether oxygens (including phenoxy) is 1. The fraction of sp³-hybridized carbons (Fsp3) is 0.389. The van der Waals surface area contributed by atoms with E-state index < -0.39 is 5.54 Å². The number of benzene rings is 1. The van der Waals surface area contributed by atoms with Gasteiger partial charge in [0, 0.05) is 11.5 Å². The Hall–Kier alpha value is -3.03. The monoisotopic (exact) mass is 352 g/mol. The van der Waals surface area contributed by atoms with E-state index in [4.69, 9.17) is 4.74 Å². The van der Waals surface area contributed by atoms with Gasteiger partial charge in [-0.2, -0.15) is 0 Å². The molecule has 1 amide bonds. The Labute approximate surface area is 150 Å². The van der Waals surface area contributed by atoms with Crippen molar-refractivity contribution in [2.45, 2.75) is 37.6 Å². The quantitative estimate of drug-likeness (QED) is 0.775. The van der Waals surface area contributed by atoms with E-state index in [0.29, 0.717) is 5.69 Å². The lowest BCUT2D eigenvalue weighted by atomic mass is 9.81. The van der Waals surface area contributed by atoms with Crippen LogP contribution in [0, 0.1) is 0 Å². The van der Waals surface area contributed by atoms with Crippen LogP contribution in [0.3, 0.4) is 0 Å². The van der Waals surface area contributed by atoms with Crippen LogP contribution in [0.1, 0.15) is 32.1 Å². The fourth-order valence-electron chi connectivity index (χ4n) is 3.60. The Balaban J connectivity index is 1.63. The van der Waals surface area contributed by atoms with Gasteiger partial charge in [0.05, 0.1) is 24.5 Å². The van der Waals surface area contributed by atoms with E-state index in [2.05, 4.69) is 25.8 Å². The number of anilines is 1. The molecule has 1 aromatic carbocycles. The Bertz CT molecular complexity index is 919. The lowest BCUT2D eigenvalue weighted by Crippen LogP contribution is -2.47. The summed E-state index contributed by atoms with van der Waals surface area (Å²) in [4.78, 5) is 17.6. The summed E-state index contributed by atoms with van der Waals surface area (Å²) in [6.07, 6.45) is 7.71. The summed E-state index contributed by atoms with van der Waals surface area (Å²) in [5.41, 5.74) is 0.734. The molecule has 1 N–H and O–H groups in total. The number of fused-ring (bicyclic) bond motifs is 1. The molecule has 26 heavy (non-hydrogen) atoms. The van der Waals surface area contributed by atoms with Crippen molar-refractivity contribution < 1.29 is 9.53 Å². The molecule has 0 bridgehead atoms. The van der Waals surface area contributed by atoms with Crippen LogP contribution in [0.4, 0.5) is 5.69 Å². The summed E-state index contributed by atoms with van der Waals surface area (Å²) in [5.74, 6) is 0.654. The molecule has 3 aromatic rings. The number of rotatable bonds is 4. The Kier molecular flexibility index (Phi) is 4.24. The summed E-state index contributed by atoms with van der Waals surface area (Å²) in [6, 6.07) is 7.58. The van der Waals surface area contributed by atoms with Crippen molar-refractivity contribution in [1.29, 1.82) is 0 Å². The van der Waals surface area contributed by atoms with E-state index in [1.165, 1.54) is 6.33 Å². The van der Waals surface area contributed by atoms with Crippen LogP contribution in [-0.2, 0) is 10.3 Å². The van der Waals surface area contributed by atoms with Gasteiger partial charge in [-0.3, -0.25) is 9.78 Å². The fourth-order valence-corrected chi connectivity index (χ4v) is 3.60. The highest BCUT2D eigenvalue weighted by Crippen LogP contribution is 2.35. The normalized spacial score (nSPS) is 16.3. The average Bonchev–Trinajstić information content (AvgIpc) is 3.23. The van der Waals surface area contributed by atoms with E-state index in [1.807, 2.05) is 24.3 Å². The molecule has 0 saturated heterocycles. The second-order valence-electron chi connectivity index (χ2n) is 6.58. The smallest absolute Gasteiger partial charge is 0.252 e. The van der Waals surface area contributed by atoms with Gasteiger partial charge in [0.1, 0.15) is 17.6 Å². The molecule has 0 radical (unpaired) electrons. The zero-order valence-corrected chi connectivity index (χ0v) is 14.6. The molecule has 134 valence electrons. The molecule has 4 rings (SSSR count). The lowest BCUT2D eigenvalue weighted by molar-refractivity contribution is -0.126. The molecule has 1 aliphatic carbocycles. The molecule has 1 aliphatic rings. The predicted octanol–water partition coefficient (Wildman–Crippen LogP) is 2.53. The average molecular weight is 352 g/mol. The van der Waals surface area contributed by atoms with Gasteiger partial charge >= 0.3 is 0 Å². The molecular weight excluding hydrogens is 332 g/mol. The first kappa shape index (κ1) is 16.4. The number of carbonyl (C=O) groups is 1. The second kappa shape index (κ2) is 6.70. The first-order chi connectivity index (χ1) is 12.7. The molecule has 8 nitrogen and oxygen atoms in total. The van der Waals surface area contributed by atoms with E-state index in [1.54, 1.807) is 18.0 Å². The minimum absolute atomic E-state index is 0.0980. The number of tetrazole rings is 1. The number of pyridine rings is 1. The summed E-state index contributed by atoms with van der Waals surface area (Å²) < 4.78 is 6.82. The number of amides is 1. The van der Waals surface area contributed by atoms with Gasteiger partial charge in [0.15, 0.2) is 0 Å². The Morgan fingerprint density at radius 3 is 2.81 bits per heavy atom. The van der Waals surface area contributed by atoms with Gasteiger partial charge in [-0.15, -0.1) is 5.10 Å². The van der Waals surface area contributed by atoms with Crippen molar-refractivity contribution >= 4 is 22.5 Å². The van der Waals surface area contributed by atoms with Crippen LogP contribution >= 0.6 is 0 Å². The third kappa shape index (κ3) is 2.87. The molecule has 0 aliphatic heterocycles. The topological polar surface area (TPSA) is 94.8 Å². The van der Waals surface area contributed by atoms with Crippen LogP contribution in [0.25, 0.3) is 10.9 Å².